The lowest BCUT2D eigenvalue weighted by molar-refractivity contribution is 0.171. The molecule has 0 fully saturated rings. The Hall–Kier alpha value is -3.13. The summed E-state index contributed by atoms with van der Waals surface area (Å²) in [6.07, 6.45) is 0.988. The number of ether oxygens (including phenoxy) is 1. The SMILES string of the molecule is COC(=O)NCCc1c(-c2ccccc2)c(S(C)(=O)=O)n(-c2ccc(F)cc2)c1C. The van der Waals surface area contributed by atoms with Crippen LogP contribution in [0.5, 0.6) is 0 Å². The van der Waals surface area contributed by atoms with E-state index in [1.54, 1.807) is 16.7 Å². The molecule has 0 atom stereocenters. The van der Waals surface area contributed by atoms with Crippen LogP contribution in [-0.2, 0) is 21.0 Å². The molecule has 3 rings (SSSR count). The van der Waals surface area contributed by atoms with E-state index in [1.807, 2.05) is 37.3 Å². The maximum absolute atomic E-state index is 13.5. The molecular formula is C22H23FN2O4S. The summed E-state index contributed by atoms with van der Waals surface area (Å²) >= 11 is 0. The van der Waals surface area contributed by atoms with Crippen molar-refractivity contribution in [2.75, 3.05) is 19.9 Å². The molecule has 1 heterocycles. The zero-order chi connectivity index (χ0) is 21.9. The first-order valence-corrected chi connectivity index (χ1v) is 11.2. The average Bonchev–Trinajstić information content (AvgIpc) is 3.02. The van der Waals surface area contributed by atoms with Crippen molar-refractivity contribution >= 4 is 15.9 Å². The predicted molar refractivity (Wildman–Crippen MR) is 113 cm³/mol. The van der Waals surface area contributed by atoms with Gasteiger partial charge in [-0.3, -0.25) is 0 Å². The first kappa shape index (κ1) is 21.6. The Bertz CT molecular complexity index is 1150. The number of sulfone groups is 1. The number of amides is 1. The summed E-state index contributed by atoms with van der Waals surface area (Å²) < 4.78 is 45.5. The van der Waals surface area contributed by atoms with Crippen LogP contribution in [0.1, 0.15) is 11.3 Å². The number of benzene rings is 2. The highest BCUT2D eigenvalue weighted by atomic mass is 32.2. The lowest BCUT2D eigenvalue weighted by Gasteiger charge is -2.12. The molecule has 0 spiro atoms. The normalized spacial score (nSPS) is 11.3. The van der Waals surface area contributed by atoms with Gasteiger partial charge in [0.05, 0.1) is 7.11 Å². The molecule has 6 nitrogen and oxygen atoms in total. The quantitative estimate of drug-likeness (QED) is 0.644. The Morgan fingerprint density at radius 1 is 1.10 bits per heavy atom. The first-order valence-electron chi connectivity index (χ1n) is 9.31. The lowest BCUT2D eigenvalue weighted by atomic mass is 10.0. The summed E-state index contributed by atoms with van der Waals surface area (Å²) in [6, 6.07) is 14.9. The van der Waals surface area contributed by atoms with Crippen LogP contribution < -0.4 is 5.32 Å². The Morgan fingerprint density at radius 2 is 1.73 bits per heavy atom. The van der Waals surface area contributed by atoms with Crippen LogP contribution >= 0.6 is 0 Å². The summed E-state index contributed by atoms with van der Waals surface area (Å²) in [6.45, 7) is 2.09. The number of rotatable bonds is 6. The highest BCUT2D eigenvalue weighted by Gasteiger charge is 2.28. The molecule has 1 amide bonds. The maximum Gasteiger partial charge on any atom is 0.406 e. The molecule has 1 aromatic heterocycles. The first-order chi connectivity index (χ1) is 14.2. The number of alkyl carbamates (subject to hydrolysis) is 1. The number of hydrogen-bond donors (Lipinski definition) is 1. The lowest BCUT2D eigenvalue weighted by Crippen LogP contribution is -2.25. The van der Waals surface area contributed by atoms with Crippen LogP contribution in [0.15, 0.2) is 59.6 Å². The summed E-state index contributed by atoms with van der Waals surface area (Å²) in [7, 11) is -2.38. The van der Waals surface area contributed by atoms with E-state index in [4.69, 9.17) is 0 Å². The van der Waals surface area contributed by atoms with Gasteiger partial charge in [-0.1, -0.05) is 30.3 Å². The smallest absolute Gasteiger partial charge is 0.406 e. The molecule has 30 heavy (non-hydrogen) atoms. The van der Waals surface area contributed by atoms with Crippen molar-refractivity contribution in [1.29, 1.82) is 0 Å². The van der Waals surface area contributed by atoms with E-state index in [0.29, 0.717) is 23.4 Å². The summed E-state index contributed by atoms with van der Waals surface area (Å²) in [4.78, 5) is 11.5. The second-order valence-corrected chi connectivity index (χ2v) is 8.79. The van der Waals surface area contributed by atoms with Crippen LogP contribution in [-0.4, -0.2) is 39.0 Å². The van der Waals surface area contributed by atoms with E-state index in [9.17, 15) is 17.6 Å². The zero-order valence-electron chi connectivity index (χ0n) is 17.0. The summed E-state index contributed by atoms with van der Waals surface area (Å²) in [5, 5.41) is 2.76. The van der Waals surface area contributed by atoms with Crippen molar-refractivity contribution in [1.82, 2.24) is 9.88 Å². The molecule has 0 unspecified atom stereocenters. The largest absolute Gasteiger partial charge is 0.453 e. The third-order valence-electron chi connectivity index (χ3n) is 4.82. The van der Waals surface area contributed by atoms with Crippen molar-refractivity contribution in [3.63, 3.8) is 0 Å². The van der Waals surface area contributed by atoms with Gasteiger partial charge in [0.25, 0.3) is 0 Å². The van der Waals surface area contributed by atoms with Gasteiger partial charge in [-0.05, 0) is 48.7 Å². The van der Waals surface area contributed by atoms with E-state index in [1.165, 1.54) is 19.2 Å². The molecular weight excluding hydrogens is 407 g/mol. The molecule has 3 aromatic rings. The average molecular weight is 431 g/mol. The van der Waals surface area contributed by atoms with Gasteiger partial charge in [0.1, 0.15) is 10.8 Å². The third kappa shape index (κ3) is 4.38. The van der Waals surface area contributed by atoms with E-state index in [2.05, 4.69) is 10.1 Å². The Kier molecular flexibility index (Phi) is 6.26. The topological polar surface area (TPSA) is 77.4 Å². The van der Waals surface area contributed by atoms with Gasteiger partial charge in [-0.2, -0.15) is 0 Å². The van der Waals surface area contributed by atoms with Crippen LogP contribution in [0.25, 0.3) is 16.8 Å². The number of carbonyl (C=O) groups is 1. The Morgan fingerprint density at radius 3 is 2.30 bits per heavy atom. The Balaban J connectivity index is 2.27. The van der Waals surface area contributed by atoms with Gasteiger partial charge in [-0.25, -0.2) is 17.6 Å². The number of methoxy groups -OCH3 is 1. The van der Waals surface area contributed by atoms with Crippen molar-refractivity contribution in [2.24, 2.45) is 0 Å². The van der Waals surface area contributed by atoms with Crippen LogP contribution in [0.3, 0.4) is 0 Å². The fourth-order valence-corrected chi connectivity index (χ4v) is 4.72. The number of nitrogens with one attached hydrogen (secondary N) is 1. The molecule has 0 saturated carbocycles. The minimum Gasteiger partial charge on any atom is -0.453 e. The van der Waals surface area contributed by atoms with Gasteiger partial charge in [0.2, 0.25) is 0 Å². The van der Waals surface area contributed by atoms with Crippen molar-refractivity contribution in [3.05, 3.63) is 71.7 Å². The summed E-state index contributed by atoms with van der Waals surface area (Å²) in [5.74, 6) is -0.407. The van der Waals surface area contributed by atoms with Crippen molar-refractivity contribution in [3.8, 4) is 16.8 Å². The van der Waals surface area contributed by atoms with Gasteiger partial charge >= 0.3 is 6.09 Å². The van der Waals surface area contributed by atoms with Gasteiger partial charge in [-0.15, -0.1) is 0 Å². The monoisotopic (exact) mass is 430 g/mol. The van der Waals surface area contributed by atoms with Crippen LogP contribution in [0.4, 0.5) is 9.18 Å². The number of halogens is 1. The van der Waals surface area contributed by atoms with Crippen molar-refractivity contribution in [2.45, 2.75) is 18.4 Å². The molecule has 0 aliphatic rings. The maximum atomic E-state index is 13.5. The van der Waals surface area contributed by atoms with Gasteiger partial charge in [0, 0.05) is 29.7 Å². The second-order valence-electron chi connectivity index (χ2n) is 6.86. The molecule has 0 saturated heterocycles. The van der Waals surface area contributed by atoms with E-state index in [0.717, 1.165) is 17.4 Å². The minimum atomic E-state index is -3.66. The molecule has 158 valence electrons. The zero-order valence-corrected chi connectivity index (χ0v) is 17.8. The summed E-state index contributed by atoms with van der Waals surface area (Å²) in [5.41, 5.74) is 3.34. The molecule has 0 aliphatic heterocycles. The van der Waals surface area contributed by atoms with Crippen molar-refractivity contribution < 1.29 is 22.3 Å². The number of nitrogens with zero attached hydrogens (tertiary/aromatic N) is 1. The van der Waals surface area contributed by atoms with Gasteiger partial charge < -0.3 is 14.6 Å². The number of aromatic nitrogens is 1. The van der Waals surface area contributed by atoms with E-state index in [-0.39, 0.29) is 11.6 Å². The molecule has 0 radical (unpaired) electrons. The van der Waals surface area contributed by atoms with Crippen LogP contribution in [0, 0.1) is 12.7 Å². The highest BCUT2D eigenvalue weighted by Crippen LogP contribution is 2.38. The molecule has 1 N–H and O–H groups in total. The van der Waals surface area contributed by atoms with Gasteiger partial charge in [0.15, 0.2) is 9.84 Å². The van der Waals surface area contributed by atoms with E-state index >= 15 is 0 Å². The molecule has 0 bridgehead atoms. The number of carbonyl (C=O) groups excluding carboxylic acids is 1. The fraction of sp³-hybridized carbons (Fsp3) is 0.227. The predicted octanol–water partition coefficient (Wildman–Crippen LogP) is 3.89. The highest BCUT2D eigenvalue weighted by molar-refractivity contribution is 7.90. The standard InChI is InChI=1S/C22H23FN2O4S/c1-15-19(13-14-24-22(26)29-2)20(16-7-5-4-6-8-16)21(30(3,27)28)25(15)18-11-9-17(23)10-12-18/h4-12H,13-14H2,1-3H3,(H,24,26). The second kappa shape index (κ2) is 8.71. The van der Waals surface area contributed by atoms with E-state index < -0.39 is 21.7 Å². The van der Waals surface area contributed by atoms with Crippen LogP contribution in [0.2, 0.25) is 0 Å². The third-order valence-corrected chi connectivity index (χ3v) is 5.91. The Labute approximate surface area is 175 Å². The minimum absolute atomic E-state index is 0.130. The number of hydrogen-bond acceptors (Lipinski definition) is 4. The molecule has 0 aliphatic carbocycles. The fourth-order valence-electron chi connectivity index (χ4n) is 3.53. The molecule has 2 aromatic carbocycles. The molecule has 8 heteroatoms.